The van der Waals surface area contributed by atoms with E-state index in [1.54, 1.807) is 12.1 Å². The van der Waals surface area contributed by atoms with Crippen LogP contribution in [0.15, 0.2) is 40.8 Å². The summed E-state index contributed by atoms with van der Waals surface area (Å²) >= 11 is 0. The van der Waals surface area contributed by atoms with E-state index in [0.717, 1.165) is 42.8 Å². The van der Waals surface area contributed by atoms with Gasteiger partial charge in [0.25, 0.3) is 0 Å². The Morgan fingerprint density at radius 2 is 1.95 bits per heavy atom. The molecular weight excluding hydrogens is 269 g/mol. The lowest BCUT2D eigenvalue weighted by Gasteiger charge is -2.26. The fourth-order valence-corrected chi connectivity index (χ4v) is 2.84. The van der Waals surface area contributed by atoms with E-state index in [0.29, 0.717) is 12.6 Å². The molecule has 112 valence electrons. The number of hydrogen-bond acceptors (Lipinski definition) is 3. The SMILES string of the molecule is OC1CCCC(NCc2ccc(-c3ccc(F)cc3)o2)C1. The summed E-state index contributed by atoms with van der Waals surface area (Å²) in [6.07, 6.45) is 3.71. The Hall–Kier alpha value is -1.65. The Labute approximate surface area is 123 Å². The normalized spacial score (nSPS) is 22.4. The maximum Gasteiger partial charge on any atom is 0.134 e. The standard InChI is InChI=1S/C17H20FNO2/c18-13-6-4-12(5-7-13)17-9-8-16(21-17)11-19-14-2-1-3-15(20)10-14/h4-9,14-15,19-20H,1-3,10-11H2. The molecule has 2 aromatic rings. The topological polar surface area (TPSA) is 45.4 Å². The van der Waals surface area contributed by atoms with Crippen molar-refractivity contribution in [1.82, 2.24) is 5.32 Å². The van der Waals surface area contributed by atoms with Crippen LogP contribution in [0.3, 0.4) is 0 Å². The molecule has 3 rings (SSSR count). The first-order valence-corrected chi connectivity index (χ1v) is 7.47. The van der Waals surface area contributed by atoms with E-state index in [9.17, 15) is 9.50 Å². The zero-order valence-corrected chi connectivity index (χ0v) is 11.9. The summed E-state index contributed by atoms with van der Waals surface area (Å²) in [5.41, 5.74) is 0.871. The van der Waals surface area contributed by atoms with Gasteiger partial charge < -0.3 is 14.8 Å². The molecule has 21 heavy (non-hydrogen) atoms. The van der Waals surface area contributed by atoms with Gasteiger partial charge in [-0.1, -0.05) is 0 Å². The quantitative estimate of drug-likeness (QED) is 0.905. The molecule has 4 heteroatoms. The molecule has 3 nitrogen and oxygen atoms in total. The molecule has 1 aromatic heterocycles. The lowest BCUT2D eigenvalue weighted by molar-refractivity contribution is 0.111. The van der Waals surface area contributed by atoms with Crippen LogP contribution in [-0.2, 0) is 6.54 Å². The molecule has 1 aliphatic rings. The minimum absolute atomic E-state index is 0.178. The second-order valence-electron chi connectivity index (χ2n) is 5.67. The van der Waals surface area contributed by atoms with E-state index >= 15 is 0 Å². The second-order valence-corrected chi connectivity index (χ2v) is 5.67. The number of rotatable bonds is 4. The predicted molar refractivity (Wildman–Crippen MR) is 79.2 cm³/mol. The molecule has 2 atom stereocenters. The Kier molecular flexibility index (Phi) is 4.36. The van der Waals surface area contributed by atoms with Crippen molar-refractivity contribution in [3.8, 4) is 11.3 Å². The van der Waals surface area contributed by atoms with Gasteiger partial charge in [0, 0.05) is 11.6 Å². The zero-order chi connectivity index (χ0) is 14.7. The van der Waals surface area contributed by atoms with Gasteiger partial charge in [-0.05, 0) is 62.1 Å². The highest BCUT2D eigenvalue weighted by atomic mass is 19.1. The molecule has 1 aliphatic carbocycles. The average Bonchev–Trinajstić information content (AvgIpc) is 2.95. The van der Waals surface area contributed by atoms with Crippen LogP contribution < -0.4 is 5.32 Å². The molecule has 1 heterocycles. The highest BCUT2D eigenvalue weighted by Gasteiger charge is 2.19. The fourth-order valence-electron chi connectivity index (χ4n) is 2.84. The Morgan fingerprint density at radius 3 is 2.71 bits per heavy atom. The van der Waals surface area contributed by atoms with E-state index < -0.39 is 0 Å². The maximum absolute atomic E-state index is 12.9. The van der Waals surface area contributed by atoms with Crippen molar-refractivity contribution < 1.29 is 13.9 Å². The van der Waals surface area contributed by atoms with Gasteiger partial charge in [-0.25, -0.2) is 4.39 Å². The van der Waals surface area contributed by atoms with Crippen molar-refractivity contribution in [2.75, 3.05) is 0 Å². The largest absolute Gasteiger partial charge is 0.460 e. The number of benzene rings is 1. The number of nitrogens with one attached hydrogen (secondary N) is 1. The van der Waals surface area contributed by atoms with Gasteiger partial charge in [-0.15, -0.1) is 0 Å². The summed E-state index contributed by atoms with van der Waals surface area (Å²) in [5, 5.41) is 13.1. The van der Waals surface area contributed by atoms with Crippen LogP contribution in [0.1, 0.15) is 31.4 Å². The molecule has 1 fully saturated rings. The minimum atomic E-state index is -0.247. The van der Waals surface area contributed by atoms with Crippen LogP contribution in [0.4, 0.5) is 4.39 Å². The van der Waals surface area contributed by atoms with Crippen molar-refractivity contribution in [2.24, 2.45) is 0 Å². The Balaban J connectivity index is 1.59. The van der Waals surface area contributed by atoms with Gasteiger partial charge in [-0.2, -0.15) is 0 Å². The van der Waals surface area contributed by atoms with Crippen molar-refractivity contribution >= 4 is 0 Å². The van der Waals surface area contributed by atoms with Crippen molar-refractivity contribution in [3.63, 3.8) is 0 Å². The second kappa shape index (κ2) is 6.41. The maximum atomic E-state index is 12.9. The van der Waals surface area contributed by atoms with Gasteiger partial charge in [0.1, 0.15) is 17.3 Å². The highest BCUT2D eigenvalue weighted by Crippen LogP contribution is 2.23. The molecule has 2 unspecified atom stereocenters. The summed E-state index contributed by atoms with van der Waals surface area (Å²) in [6, 6.07) is 10.5. The minimum Gasteiger partial charge on any atom is -0.460 e. The molecule has 0 bridgehead atoms. The van der Waals surface area contributed by atoms with E-state index in [4.69, 9.17) is 4.42 Å². The molecule has 0 aliphatic heterocycles. The van der Waals surface area contributed by atoms with Gasteiger partial charge in [0.05, 0.1) is 12.6 Å². The van der Waals surface area contributed by atoms with E-state index in [2.05, 4.69) is 5.32 Å². The summed E-state index contributed by atoms with van der Waals surface area (Å²) in [6.45, 7) is 0.651. The van der Waals surface area contributed by atoms with Crippen molar-refractivity contribution in [3.05, 3.63) is 48.0 Å². The molecule has 2 N–H and O–H groups in total. The molecule has 1 saturated carbocycles. The smallest absolute Gasteiger partial charge is 0.134 e. The summed E-state index contributed by atoms with van der Waals surface area (Å²) in [4.78, 5) is 0. The first kappa shape index (κ1) is 14.3. The monoisotopic (exact) mass is 289 g/mol. The first-order valence-electron chi connectivity index (χ1n) is 7.47. The molecule has 0 amide bonds. The van der Waals surface area contributed by atoms with Gasteiger partial charge >= 0.3 is 0 Å². The van der Waals surface area contributed by atoms with Crippen LogP contribution >= 0.6 is 0 Å². The van der Waals surface area contributed by atoms with Crippen molar-refractivity contribution in [1.29, 1.82) is 0 Å². The van der Waals surface area contributed by atoms with Crippen LogP contribution in [-0.4, -0.2) is 17.3 Å². The van der Waals surface area contributed by atoms with Crippen molar-refractivity contribution in [2.45, 2.75) is 44.4 Å². The molecule has 0 radical (unpaired) electrons. The first-order chi connectivity index (χ1) is 10.2. The lowest BCUT2D eigenvalue weighted by atomic mass is 9.93. The average molecular weight is 289 g/mol. The third-order valence-corrected chi connectivity index (χ3v) is 4.00. The zero-order valence-electron chi connectivity index (χ0n) is 11.9. The number of hydrogen-bond donors (Lipinski definition) is 2. The van der Waals surface area contributed by atoms with Gasteiger partial charge in [0.15, 0.2) is 0 Å². The molecular formula is C17H20FNO2. The van der Waals surface area contributed by atoms with Crippen LogP contribution in [0, 0.1) is 5.82 Å². The summed E-state index contributed by atoms with van der Waals surface area (Å²) in [7, 11) is 0. The number of halogens is 1. The third-order valence-electron chi connectivity index (χ3n) is 4.00. The number of aliphatic hydroxyl groups excluding tert-OH is 1. The lowest BCUT2D eigenvalue weighted by Crippen LogP contribution is -2.35. The molecule has 1 aromatic carbocycles. The number of aliphatic hydroxyl groups is 1. The predicted octanol–water partition coefficient (Wildman–Crippen LogP) is 3.48. The third kappa shape index (κ3) is 3.71. The molecule has 0 spiro atoms. The van der Waals surface area contributed by atoms with Crippen LogP contribution in [0.5, 0.6) is 0 Å². The van der Waals surface area contributed by atoms with Gasteiger partial charge in [-0.3, -0.25) is 0 Å². The summed E-state index contributed by atoms with van der Waals surface area (Å²) in [5.74, 6) is 1.35. The van der Waals surface area contributed by atoms with Crippen LogP contribution in [0.2, 0.25) is 0 Å². The van der Waals surface area contributed by atoms with E-state index in [1.165, 1.54) is 12.1 Å². The Morgan fingerprint density at radius 1 is 1.14 bits per heavy atom. The van der Waals surface area contributed by atoms with E-state index in [1.807, 2.05) is 12.1 Å². The molecule has 0 saturated heterocycles. The van der Waals surface area contributed by atoms with Gasteiger partial charge in [0.2, 0.25) is 0 Å². The number of furan rings is 1. The Bertz CT molecular complexity index is 579. The highest BCUT2D eigenvalue weighted by molar-refractivity contribution is 5.57. The fraction of sp³-hybridized carbons (Fsp3) is 0.412. The van der Waals surface area contributed by atoms with E-state index in [-0.39, 0.29) is 11.9 Å². The summed E-state index contributed by atoms with van der Waals surface area (Å²) < 4.78 is 18.7. The van der Waals surface area contributed by atoms with Crippen LogP contribution in [0.25, 0.3) is 11.3 Å².